The number of hydrogen-bond donors (Lipinski definition) is 1. The van der Waals surface area contributed by atoms with E-state index in [-0.39, 0.29) is 11.5 Å². The van der Waals surface area contributed by atoms with Crippen LogP contribution in [0.4, 0.5) is 10.1 Å². The van der Waals surface area contributed by atoms with Crippen LogP contribution in [0.5, 0.6) is 11.5 Å². The number of carbonyl (C=O) groups is 2. The lowest BCUT2D eigenvalue weighted by Gasteiger charge is -2.17. The fourth-order valence-corrected chi connectivity index (χ4v) is 2.39. The summed E-state index contributed by atoms with van der Waals surface area (Å²) in [5.74, 6) is -0.535. The molecule has 0 spiro atoms. The molecule has 0 fully saturated rings. The highest BCUT2D eigenvalue weighted by Crippen LogP contribution is 2.29. The fourth-order valence-electron chi connectivity index (χ4n) is 2.05. The standard InChI is InChI=1S/C18H17BrFNO4/c1-10(22)12-4-7-16(17(8-12)24-3)25-11(2)18(23)21-15-6-5-13(19)9-14(15)20/h4-9,11H,1-3H3,(H,21,23)/t11-/m0/s1. The largest absolute Gasteiger partial charge is 0.493 e. The van der Waals surface area contributed by atoms with Crippen molar-refractivity contribution < 1.29 is 23.5 Å². The van der Waals surface area contributed by atoms with Crippen molar-refractivity contribution >= 4 is 33.3 Å². The van der Waals surface area contributed by atoms with Gasteiger partial charge in [-0.05, 0) is 50.2 Å². The Labute approximate surface area is 153 Å². The van der Waals surface area contributed by atoms with E-state index < -0.39 is 17.8 Å². The van der Waals surface area contributed by atoms with Gasteiger partial charge in [0.1, 0.15) is 5.82 Å². The molecule has 2 aromatic rings. The molecule has 0 aromatic heterocycles. The van der Waals surface area contributed by atoms with Crippen LogP contribution >= 0.6 is 15.9 Å². The summed E-state index contributed by atoms with van der Waals surface area (Å²) in [6.45, 7) is 2.97. The first-order valence-corrected chi connectivity index (χ1v) is 8.22. The zero-order valence-electron chi connectivity index (χ0n) is 13.9. The first kappa shape index (κ1) is 18.9. The topological polar surface area (TPSA) is 64.6 Å². The summed E-state index contributed by atoms with van der Waals surface area (Å²) in [6, 6.07) is 9.00. The predicted molar refractivity (Wildman–Crippen MR) is 95.8 cm³/mol. The van der Waals surface area contributed by atoms with Gasteiger partial charge >= 0.3 is 0 Å². The van der Waals surface area contributed by atoms with Gasteiger partial charge in [0.05, 0.1) is 12.8 Å². The number of carbonyl (C=O) groups excluding carboxylic acids is 2. The summed E-state index contributed by atoms with van der Waals surface area (Å²) < 4.78 is 25.2. The van der Waals surface area contributed by atoms with E-state index in [0.717, 1.165) is 0 Å². The van der Waals surface area contributed by atoms with Gasteiger partial charge in [-0.15, -0.1) is 0 Å². The maximum atomic E-state index is 13.8. The summed E-state index contributed by atoms with van der Waals surface area (Å²) in [4.78, 5) is 23.6. The van der Waals surface area contributed by atoms with Crippen molar-refractivity contribution in [2.24, 2.45) is 0 Å². The molecular weight excluding hydrogens is 393 g/mol. The molecule has 0 aliphatic carbocycles. The Kier molecular flexibility index (Phi) is 6.14. The van der Waals surface area contributed by atoms with E-state index in [9.17, 15) is 14.0 Å². The number of benzene rings is 2. The molecule has 1 atom stereocenters. The maximum Gasteiger partial charge on any atom is 0.265 e. The molecule has 0 bridgehead atoms. The molecular formula is C18H17BrFNO4. The van der Waals surface area contributed by atoms with Crippen LogP contribution in [0.2, 0.25) is 0 Å². The van der Waals surface area contributed by atoms with E-state index in [1.54, 1.807) is 18.2 Å². The molecule has 0 radical (unpaired) electrons. The van der Waals surface area contributed by atoms with E-state index in [1.807, 2.05) is 0 Å². The van der Waals surface area contributed by atoms with Gasteiger partial charge in [-0.2, -0.15) is 0 Å². The highest BCUT2D eigenvalue weighted by molar-refractivity contribution is 9.10. The summed E-state index contributed by atoms with van der Waals surface area (Å²) in [6.07, 6.45) is -0.903. The van der Waals surface area contributed by atoms with Crippen molar-refractivity contribution in [3.63, 3.8) is 0 Å². The number of ketones is 1. The molecule has 5 nitrogen and oxygen atoms in total. The highest BCUT2D eigenvalue weighted by Gasteiger charge is 2.19. The SMILES string of the molecule is COc1cc(C(C)=O)ccc1O[C@@H](C)C(=O)Nc1ccc(Br)cc1F. The average Bonchev–Trinajstić information content (AvgIpc) is 2.57. The first-order valence-electron chi connectivity index (χ1n) is 7.43. The van der Waals surface area contributed by atoms with Crippen molar-refractivity contribution in [3.8, 4) is 11.5 Å². The Morgan fingerprint density at radius 3 is 2.48 bits per heavy atom. The van der Waals surface area contributed by atoms with Crippen molar-refractivity contribution in [2.45, 2.75) is 20.0 Å². The minimum Gasteiger partial charge on any atom is -0.493 e. The average molecular weight is 410 g/mol. The quantitative estimate of drug-likeness (QED) is 0.725. The fraction of sp³-hybridized carbons (Fsp3) is 0.222. The first-order chi connectivity index (χ1) is 11.8. The number of halogens is 2. The predicted octanol–water partition coefficient (Wildman–Crippen LogP) is 4.21. The van der Waals surface area contributed by atoms with Crippen LogP contribution in [0.1, 0.15) is 24.2 Å². The van der Waals surface area contributed by atoms with E-state index >= 15 is 0 Å². The minimum atomic E-state index is -0.903. The maximum absolute atomic E-state index is 13.8. The van der Waals surface area contributed by atoms with Crippen LogP contribution in [-0.4, -0.2) is 24.9 Å². The Bertz CT molecular complexity index is 810. The normalized spacial score (nSPS) is 11.6. The molecule has 0 saturated carbocycles. The molecule has 1 N–H and O–H groups in total. The second-order valence-electron chi connectivity index (χ2n) is 5.30. The van der Waals surface area contributed by atoms with Gasteiger partial charge in [0, 0.05) is 10.0 Å². The molecule has 25 heavy (non-hydrogen) atoms. The van der Waals surface area contributed by atoms with Crippen LogP contribution in [0.3, 0.4) is 0 Å². The van der Waals surface area contributed by atoms with Gasteiger partial charge in [0.2, 0.25) is 0 Å². The van der Waals surface area contributed by atoms with Gasteiger partial charge < -0.3 is 14.8 Å². The molecule has 0 unspecified atom stereocenters. The lowest BCUT2D eigenvalue weighted by molar-refractivity contribution is -0.122. The summed E-state index contributed by atoms with van der Waals surface area (Å²) in [5, 5.41) is 2.47. The second kappa shape index (κ2) is 8.11. The lowest BCUT2D eigenvalue weighted by Crippen LogP contribution is -2.30. The van der Waals surface area contributed by atoms with Crippen molar-refractivity contribution in [1.82, 2.24) is 0 Å². The Balaban J connectivity index is 2.11. The van der Waals surface area contributed by atoms with Crippen LogP contribution in [-0.2, 0) is 4.79 Å². The number of rotatable bonds is 6. The van der Waals surface area contributed by atoms with Crippen molar-refractivity contribution in [2.75, 3.05) is 12.4 Å². The van der Waals surface area contributed by atoms with Gasteiger partial charge in [0.15, 0.2) is 23.4 Å². The molecule has 1 amide bonds. The lowest BCUT2D eigenvalue weighted by atomic mass is 10.1. The van der Waals surface area contributed by atoms with Crippen LogP contribution in [0.15, 0.2) is 40.9 Å². The smallest absolute Gasteiger partial charge is 0.265 e. The molecule has 0 aliphatic rings. The summed E-state index contributed by atoms with van der Waals surface area (Å²) in [5.41, 5.74) is 0.529. The Hall–Kier alpha value is -2.41. The van der Waals surface area contributed by atoms with E-state index in [4.69, 9.17) is 9.47 Å². The monoisotopic (exact) mass is 409 g/mol. The van der Waals surface area contributed by atoms with Gasteiger partial charge in [-0.25, -0.2) is 4.39 Å². The van der Waals surface area contributed by atoms with E-state index in [2.05, 4.69) is 21.2 Å². The van der Waals surface area contributed by atoms with E-state index in [1.165, 1.54) is 39.2 Å². The van der Waals surface area contributed by atoms with Gasteiger partial charge in [0.25, 0.3) is 5.91 Å². The molecule has 0 saturated heterocycles. The van der Waals surface area contributed by atoms with Crippen LogP contribution < -0.4 is 14.8 Å². The molecule has 132 valence electrons. The molecule has 2 rings (SSSR count). The molecule has 7 heteroatoms. The third-order valence-corrected chi connectivity index (χ3v) is 3.93. The van der Waals surface area contributed by atoms with Crippen LogP contribution in [0, 0.1) is 5.82 Å². The highest BCUT2D eigenvalue weighted by atomic mass is 79.9. The molecule has 2 aromatic carbocycles. The number of hydrogen-bond acceptors (Lipinski definition) is 4. The van der Waals surface area contributed by atoms with Gasteiger partial charge in [-0.1, -0.05) is 15.9 Å². The Morgan fingerprint density at radius 1 is 1.16 bits per heavy atom. The second-order valence-corrected chi connectivity index (χ2v) is 6.21. The number of nitrogens with one attached hydrogen (secondary N) is 1. The van der Waals surface area contributed by atoms with Crippen molar-refractivity contribution in [3.05, 3.63) is 52.3 Å². The number of ether oxygens (including phenoxy) is 2. The van der Waals surface area contributed by atoms with Crippen LogP contribution in [0.25, 0.3) is 0 Å². The van der Waals surface area contributed by atoms with Crippen molar-refractivity contribution in [1.29, 1.82) is 0 Å². The number of methoxy groups -OCH3 is 1. The third-order valence-electron chi connectivity index (χ3n) is 3.43. The number of anilines is 1. The van der Waals surface area contributed by atoms with Gasteiger partial charge in [-0.3, -0.25) is 9.59 Å². The van der Waals surface area contributed by atoms with E-state index in [0.29, 0.717) is 21.5 Å². The minimum absolute atomic E-state index is 0.0579. The summed E-state index contributed by atoms with van der Waals surface area (Å²) in [7, 11) is 1.44. The zero-order chi connectivity index (χ0) is 18.6. The molecule has 0 aliphatic heterocycles. The number of Topliss-reactive ketones (excluding diaryl/α,β-unsaturated/α-hetero) is 1. The zero-order valence-corrected chi connectivity index (χ0v) is 15.5. The number of amides is 1. The third kappa shape index (κ3) is 4.79. The molecule has 0 heterocycles. The Morgan fingerprint density at radius 2 is 1.88 bits per heavy atom. The summed E-state index contributed by atoms with van der Waals surface area (Å²) >= 11 is 3.15.